The average molecular weight is 266 g/mol. The van der Waals surface area contributed by atoms with Gasteiger partial charge in [0.2, 0.25) is 0 Å². The van der Waals surface area contributed by atoms with Crippen LogP contribution in [0.25, 0.3) is 0 Å². The normalized spacial score (nSPS) is 21.8. The molecule has 19 heavy (non-hydrogen) atoms. The molecule has 0 spiro atoms. The molecule has 0 radical (unpaired) electrons. The van der Waals surface area contributed by atoms with E-state index in [0.29, 0.717) is 0 Å². The van der Waals surface area contributed by atoms with Crippen LogP contribution in [0, 0.1) is 5.92 Å². The van der Waals surface area contributed by atoms with E-state index in [1.165, 1.54) is 19.3 Å². The minimum atomic E-state index is -0.817. The number of aromatic nitrogens is 4. The van der Waals surface area contributed by atoms with Crippen LogP contribution in [0.15, 0.2) is 0 Å². The molecule has 1 N–H and O–H groups in total. The summed E-state index contributed by atoms with van der Waals surface area (Å²) in [7, 11) is 0. The number of carboxylic acids is 1. The lowest BCUT2D eigenvalue weighted by molar-refractivity contribution is -0.142. The third-order valence-electron chi connectivity index (χ3n) is 4.49. The Bertz CT molecular complexity index is 451. The molecule has 2 rings (SSSR count). The molecular weight excluding hydrogens is 244 g/mol. The van der Waals surface area contributed by atoms with Crippen LogP contribution in [0.4, 0.5) is 0 Å². The first-order valence-corrected chi connectivity index (χ1v) is 6.97. The highest BCUT2D eigenvalue weighted by atomic mass is 16.4. The van der Waals surface area contributed by atoms with E-state index in [2.05, 4.69) is 22.4 Å². The molecule has 106 valence electrons. The highest BCUT2D eigenvalue weighted by Gasteiger charge is 2.36. The summed E-state index contributed by atoms with van der Waals surface area (Å²) >= 11 is 0. The molecule has 1 fully saturated rings. The van der Waals surface area contributed by atoms with Crippen molar-refractivity contribution in [1.29, 1.82) is 0 Å². The van der Waals surface area contributed by atoms with Gasteiger partial charge in [0, 0.05) is 5.41 Å². The zero-order chi connectivity index (χ0) is 14.0. The summed E-state index contributed by atoms with van der Waals surface area (Å²) < 4.78 is 1.71. The Morgan fingerprint density at radius 3 is 2.53 bits per heavy atom. The van der Waals surface area contributed by atoms with Gasteiger partial charge in [0.05, 0.1) is 12.0 Å². The lowest BCUT2D eigenvalue weighted by Gasteiger charge is -2.33. The van der Waals surface area contributed by atoms with Gasteiger partial charge in [0.25, 0.3) is 0 Å². The van der Waals surface area contributed by atoms with Gasteiger partial charge in [-0.25, -0.2) is 4.68 Å². The molecule has 6 heteroatoms. The smallest absolute Gasteiger partial charge is 0.308 e. The van der Waals surface area contributed by atoms with E-state index >= 15 is 0 Å². The Kier molecular flexibility index (Phi) is 3.87. The van der Waals surface area contributed by atoms with Gasteiger partial charge in [-0.3, -0.25) is 4.79 Å². The molecule has 1 aliphatic carbocycles. The highest BCUT2D eigenvalue weighted by molar-refractivity contribution is 5.70. The first-order chi connectivity index (χ1) is 8.96. The lowest BCUT2D eigenvalue weighted by Crippen LogP contribution is -2.33. The van der Waals surface area contributed by atoms with E-state index in [9.17, 15) is 4.79 Å². The quantitative estimate of drug-likeness (QED) is 0.903. The van der Waals surface area contributed by atoms with Crippen LogP contribution in [0.3, 0.4) is 0 Å². The molecule has 6 nitrogen and oxygen atoms in total. The second-order valence-electron chi connectivity index (χ2n) is 5.94. The maximum Gasteiger partial charge on any atom is 0.308 e. The molecule has 1 aromatic heterocycles. The molecule has 1 saturated carbocycles. The summed E-state index contributed by atoms with van der Waals surface area (Å²) in [5.41, 5.74) is -0.0196. The molecule has 2 unspecified atom stereocenters. The van der Waals surface area contributed by atoms with Crippen LogP contribution in [0.5, 0.6) is 0 Å². The van der Waals surface area contributed by atoms with Crippen LogP contribution in [0.2, 0.25) is 0 Å². The molecule has 0 saturated heterocycles. The second-order valence-corrected chi connectivity index (χ2v) is 5.94. The van der Waals surface area contributed by atoms with Gasteiger partial charge in [-0.2, -0.15) is 0 Å². The standard InChI is InChI=1S/C13H22N4O2/c1-9(11(18)19)10(2)17-12(14-15-16-17)13(3)7-5-4-6-8-13/h9-10H,4-8H2,1-3H3,(H,18,19). The van der Waals surface area contributed by atoms with E-state index in [1.807, 2.05) is 6.92 Å². The van der Waals surface area contributed by atoms with Crippen molar-refractivity contribution in [2.75, 3.05) is 0 Å². The number of carbonyl (C=O) groups is 1. The number of rotatable bonds is 4. The summed E-state index contributed by atoms with van der Waals surface area (Å²) in [6.07, 6.45) is 5.78. The summed E-state index contributed by atoms with van der Waals surface area (Å²) in [6, 6.07) is -0.235. The Balaban J connectivity index is 2.29. The third-order valence-corrected chi connectivity index (χ3v) is 4.49. The molecule has 0 aliphatic heterocycles. The molecule has 0 amide bonds. The van der Waals surface area contributed by atoms with E-state index < -0.39 is 11.9 Å². The number of nitrogens with zero attached hydrogens (tertiary/aromatic N) is 4. The maximum absolute atomic E-state index is 11.1. The minimum Gasteiger partial charge on any atom is -0.481 e. The summed E-state index contributed by atoms with van der Waals surface area (Å²) in [5.74, 6) is -0.481. The Morgan fingerprint density at radius 1 is 1.32 bits per heavy atom. The van der Waals surface area contributed by atoms with Crippen LogP contribution < -0.4 is 0 Å². The van der Waals surface area contributed by atoms with Crippen LogP contribution in [0.1, 0.15) is 64.7 Å². The number of hydrogen-bond donors (Lipinski definition) is 1. The third kappa shape index (κ3) is 2.62. The van der Waals surface area contributed by atoms with E-state index in [0.717, 1.165) is 18.7 Å². The topological polar surface area (TPSA) is 80.9 Å². The monoisotopic (exact) mass is 266 g/mol. The van der Waals surface area contributed by atoms with Gasteiger partial charge in [-0.15, -0.1) is 5.10 Å². The van der Waals surface area contributed by atoms with Crippen molar-refractivity contribution < 1.29 is 9.90 Å². The number of hydrogen-bond acceptors (Lipinski definition) is 4. The van der Waals surface area contributed by atoms with E-state index in [4.69, 9.17) is 5.11 Å². The van der Waals surface area contributed by atoms with Crippen LogP contribution >= 0.6 is 0 Å². The van der Waals surface area contributed by atoms with Crippen molar-refractivity contribution in [3.8, 4) is 0 Å². The molecule has 1 aliphatic rings. The Morgan fingerprint density at radius 2 is 1.95 bits per heavy atom. The first kappa shape index (κ1) is 14.0. The predicted molar refractivity (Wildman–Crippen MR) is 69.8 cm³/mol. The first-order valence-electron chi connectivity index (χ1n) is 6.97. The van der Waals surface area contributed by atoms with Crippen molar-refractivity contribution in [3.63, 3.8) is 0 Å². The van der Waals surface area contributed by atoms with Crippen molar-refractivity contribution in [2.45, 2.75) is 64.3 Å². The fraction of sp³-hybridized carbons (Fsp3) is 0.846. The average Bonchev–Trinajstić information content (AvgIpc) is 2.87. The second kappa shape index (κ2) is 5.27. The molecule has 1 aromatic rings. The number of carboxylic acid groups (broad SMARTS) is 1. The van der Waals surface area contributed by atoms with E-state index in [-0.39, 0.29) is 11.5 Å². The van der Waals surface area contributed by atoms with E-state index in [1.54, 1.807) is 11.6 Å². The van der Waals surface area contributed by atoms with Gasteiger partial charge < -0.3 is 5.11 Å². The molecule has 1 heterocycles. The summed E-state index contributed by atoms with van der Waals surface area (Å²) in [6.45, 7) is 5.75. The Hall–Kier alpha value is -1.46. The summed E-state index contributed by atoms with van der Waals surface area (Å²) in [5, 5.41) is 21.1. The van der Waals surface area contributed by atoms with Crippen molar-refractivity contribution in [1.82, 2.24) is 20.2 Å². The molecule has 2 atom stereocenters. The Labute approximate surface area is 113 Å². The van der Waals surface area contributed by atoms with Crippen molar-refractivity contribution in [2.24, 2.45) is 5.92 Å². The fourth-order valence-electron chi connectivity index (χ4n) is 2.84. The van der Waals surface area contributed by atoms with Crippen molar-refractivity contribution >= 4 is 5.97 Å². The highest BCUT2D eigenvalue weighted by Crippen LogP contribution is 2.38. The zero-order valence-corrected chi connectivity index (χ0v) is 11.8. The van der Waals surface area contributed by atoms with Crippen molar-refractivity contribution in [3.05, 3.63) is 5.82 Å². The van der Waals surface area contributed by atoms with Gasteiger partial charge in [0.1, 0.15) is 0 Å². The molecular formula is C13H22N4O2. The zero-order valence-electron chi connectivity index (χ0n) is 11.8. The number of tetrazole rings is 1. The maximum atomic E-state index is 11.1. The van der Waals surface area contributed by atoms with Gasteiger partial charge in [-0.05, 0) is 37.1 Å². The van der Waals surface area contributed by atoms with Gasteiger partial charge in [0.15, 0.2) is 5.82 Å². The predicted octanol–water partition coefficient (Wildman–Crippen LogP) is 2.18. The summed E-state index contributed by atoms with van der Waals surface area (Å²) in [4.78, 5) is 11.1. The minimum absolute atomic E-state index is 0.0196. The van der Waals surface area contributed by atoms with Gasteiger partial charge in [-0.1, -0.05) is 26.2 Å². The van der Waals surface area contributed by atoms with Crippen LogP contribution in [-0.2, 0) is 10.2 Å². The largest absolute Gasteiger partial charge is 0.481 e. The van der Waals surface area contributed by atoms with Gasteiger partial charge >= 0.3 is 5.97 Å². The molecule has 0 bridgehead atoms. The lowest BCUT2D eigenvalue weighted by atomic mass is 9.75. The fourth-order valence-corrected chi connectivity index (χ4v) is 2.84. The SMILES string of the molecule is CC(C(=O)O)C(C)n1nnnc1C1(C)CCCCC1. The number of aliphatic carboxylic acids is 1. The van der Waals surface area contributed by atoms with Crippen LogP contribution in [-0.4, -0.2) is 31.3 Å². The molecule has 0 aromatic carbocycles.